The van der Waals surface area contributed by atoms with Gasteiger partial charge in [0.25, 0.3) is 0 Å². The zero-order valence-corrected chi connectivity index (χ0v) is 12.7. The highest BCUT2D eigenvalue weighted by Gasteiger charge is 2.14. The van der Waals surface area contributed by atoms with Crippen molar-refractivity contribution in [2.75, 3.05) is 13.7 Å². The first-order valence-electron chi connectivity index (χ1n) is 7.04. The van der Waals surface area contributed by atoms with Gasteiger partial charge in [0.05, 0.1) is 7.11 Å². The normalized spacial score (nSPS) is 10.8. The molecule has 0 atom stereocenters. The third kappa shape index (κ3) is 3.20. The molecular weight excluding hydrogens is 250 g/mol. The number of methoxy groups -OCH3 is 1. The lowest BCUT2D eigenvalue weighted by atomic mass is 10.0. The highest BCUT2D eigenvalue weighted by molar-refractivity contribution is 5.70. The van der Waals surface area contributed by atoms with Crippen LogP contribution in [-0.2, 0) is 13.6 Å². The maximum absolute atomic E-state index is 5.47. The Morgan fingerprint density at radius 1 is 1.35 bits per heavy atom. The first-order valence-corrected chi connectivity index (χ1v) is 7.04. The molecule has 1 heterocycles. The molecule has 0 saturated heterocycles. The lowest BCUT2D eigenvalue weighted by Crippen LogP contribution is -2.13. The van der Waals surface area contributed by atoms with Gasteiger partial charge >= 0.3 is 0 Å². The number of rotatable bonds is 6. The molecule has 2 aromatic rings. The molecule has 2 rings (SSSR count). The van der Waals surface area contributed by atoms with Crippen molar-refractivity contribution in [1.82, 2.24) is 15.1 Å². The maximum Gasteiger partial charge on any atom is 0.128 e. The van der Waals surface area contributed by atoms with Crippen molar-refractivity contribution >= 4 is 0 Å². The molecule has 108 valence electrons. The second kappa shape index (κ2) is 6.57. The average Bonchev–Trinajstić information content (AvgIpc) is 2.80. The Morgan fingerprint density at radius 2 is 2.15 bits per heavy atom. The van der Waals surface area contributed by atoms with Crippen LogP contribution in [0.25, 0.3) is 11.3 Å². The van der Waals surface area contributed by atoms with Crippen LogP contribution >= 0.6 is 0 Å². The Labute approximate surface area is 120 Å². The molecule has 0 unspecified atom stereocenters. The fraction of sp³-hybridized carbons (Fsp3) is 0.438. The number of aromatic nitrogens is 2. The monoisotopic (exact) mass is 273 g/mol. The molecule has 0 saturated carbocycles. The van der Waals surface area contributed by atoms with Crippen molar-refractivity contribution in [1.29, 1.82) is 0 Å². The third-order valence-corrected chi connectivity index (χ3v) is 3.26. The summed E-state index contributed by atoms with van der Waals surface area (Å²) in [7, 11) is 3.65. The molecule has 0 aliphatic carbocycles. The van der Waals surface area contributed by atoms with Crippen LogP contribution in [0.4, 0.5) is 0 Å². The Morgan fingerprint density at radius 3 is 2.85 bits per heavy atom. The van der Waals surface area contributed by atoms with Gasteiger partial charge in [-0.25, -0.2) is 0 Å². The van der Waals surface area contributed by atoms with Crippen molar-refractivity contribution in [2.45, 2.75) is 26.8 Å². The van der Waals surface area contributed by atoms with Gasteiger partial charge in [-0.2, -0.15) is 5.10 Å². The number of aryl methyl sites for hydroxylation is 2. The van der Waals surface area contributed by atoms with E-state index in [1.54, 1.807) is 7.11 Å². The van der Waals surface area contributed by atoms with Crippen LogP contribution < -0.4 is 10.1 Å². The zero-order chi connectivity index (χ0) is 14.5. The summed E-state index contributed by atoms with van der Waals surface area (Å²) in [5, 5.41) is 8.04. The molecule has 0 bridgehead atoms. The summed E-state index contributed by atoms with van der Waals surface area (Å²) < 4.78 is 7.34. The Balaban J connectivity index is 2.38. The molecule has 1 N–H and O–H groups in total. The minimum Gasteiger partial charge on any atom is -0.496 e. The third-order valence-electron chi connectivity index (χ3n) is 3.26. The van der Waals surface area contributed by atoms with Crippen LogP contribution in [0.15, 0.2) is 24.4 Å². The largest absolute Gasteiger partial charge is 0.496 e. The highest BCUT2D eigenvalue weighted by atomic mass is 16.5. The van der Waals surface area contributed by atoms with Gasteiger partial charge in [0.1, 0.15) is 11.4 Å². The molecule has 0 radical (unpaired) electrons. The van der Waals surface area contributed by atoms with E-state index in [1.807, 2.05) is 17.8 Å². The minimum atomic E-state index is 0.827. The lowest BCUT2D eigenvalue weighted by Gasteiger charge is -2.09. The van der Waals surface area contributed by atoms with Crippen LogP contribution in [0.1, 0.15) is 24.5 Å². The molecule has 0 aliphatic heterocycles. The molecule has 4 nitrogen and oxygen atoms in total. The predicted octanol–water partition coefficient (Wildman–Crippen LogP) is 2.90. The van der Waals surface area contributed by atoms with Gasteiger partial charge in [-0.3, -0.25) is 4.68 Å². The highest BCUT2D eigenvalue weighted by Crippen LogP contribution is 2.32. The van der Waals surface area contributed by atoms with Crippen LogP contribution in [0.3, 0.4) is 0 Å². The molecule has 1 aromatic heterocycles. The van der Waals surface area contributed by atoms with E-state index in [0.717, 1.165) is 36.5 Å². The molecule has 1 aromatic carbocycles. The zero-order valence-electron chi connectivity index (χ0n) is 12.7. The van der Waals surface area contributed by atoms with Crippen molar-refractivity contribution in [3.05, 3.63) is 35.5 Å². The summed E-state index contributed by atoms with van der Waals surface area (Å²) in [5.41, 5.74) is 4.46. The summed E-state index contributed by atoms with van der Waals surface area (Å²) in [6, 6.07) is 6.19. The van der Waals surface area contributed by atoms with E-state index in [0.29, 0.717) is 0 Å². The predicted molar refractivity (Wildman–Crippen MR) is 81.9 cm³/mol. The molecule has 0 amide bonds. The summed E-state index contributed by atoms with van der Waals surface area (Å²) in [6.07, 6.45) is 3.20. The van der Waals surface area contributed by atoms with Gasteiger partial charge in [0, 0.05) is 30.9 Å². The van der Waals surface area contributed by atoms with Crippen molar-refractivity contribution in [3.8, 4) is 17.0 Å². The van der Waals surface area contributed by atoms with E-state index >= 15 is 0 Å². The van der Waals surface area contributed by atoms with E-state index in [2.05, 4.69) is 42.6 Å². The number of nitrogens with one attached hydrogen (secondary N) is 1. The Bertz CT molecular complexity index is 575. The minimum absolute atomic E-state index is 0.827. The molecule has 0 fully saturated rings. The van der Waals surface area contributed by atoms with Gasteiger partial charge in [-0.1, -0.05) is 18.6 Å². The van der Waals surface area contributed by atoms with E-state index in [-0.39, 0.29) is 0 Å². The smallest absolute Gasteiger partial charge is 0.128 e. The van der Waals surface area contributed by atoms with Crippen LogP contribution in [0.2, 0.25) is 0 Å². The maximum atomic E-state index is 5.47. The van der Waals surface area contributed by atoms with Crippen molar-refractivity contribution in [3.63, 3.8) is 0 Å². The van der Waals surface area contributed by atoms with E-state index in [4.69, 9.17) is 4.74 Å². The number of hydrogen-bond donors (Lipinski definition) is 1. The van der Waals surface area contributed by atoms with Crippen molar-refractivity contribution in [2.24, 2.45) is 7.05 Å². The van der Waals surface area contributed by atoms with Gasteiger partial charge in [0.2, 0.25) is 0 Å². The Kier molecular flexibility index (Phi) is 4.79. The average molecular weight is 273 g/mol. The van der Waals surface area contributed by atoms with Crippen molar-refractivity contribution < 1.29 is 4.74 Å². The topological polar surface area (TPSA) is 39.1 Å². The molecule has 0 aliphatic rings. The number of nitrogens with zero attached hydrogens (tertiary/aromatic N) is 2. The standard InChI is InChI=1S/C16H23N3O/c1-5-8-17-10-13-11-19(3)18-16(13)14-9-12(2)6-7-15(14)20-4/h6-7,9,11,17H,5,8,10H2,1-4H3. The molecule has 20 heavy (non-hydrogen) atoms. The quantitative estimate of drug-likeness (QED) is 0.823. The first kappa shape index (κ1) is 14.6. The molecular formula is C16H23N3O. The van der Waals surface area contributed by atoms with Crippen LogP contribution in [-0.4, -0.2) is 23.4 Å². The van der Waals surface area contributed by atoms with Crippen LogP contribution in [0.5, 0.6) is 5.75 Å². The summed E-state index contributed by atoms with van der Waals surface area (Å²) in [5.74, 6) is 0.867. The Hall–Kier alpha value is -1.81. The van der Waals surface area contributed by atoms with Crippen LogP contribution in [0, 0.1) is 6.92 Å². The summed E-state index contributed by atoms with van der Waals surface area (Å²) in [4.78, 5) is 0. The number of ether oxygens (including phenoxy) is 1. The first-order chi connectivity index (χ1) is 9.65. The van der Waals surface area contributed by atoms with Gasteiger partial charge in [-0.05, 0) is 32.0 Å². The van der Waals surface area contributed by atoms with Gasteiger partial charge in [0.15, 0.2) is 0 Å². The van der Waals surface area contributed by atoms with Gasteiger partial charge in [-0.15, -0.1) is 0 Å². The number of benzene rings is 1. The molecule has 4 heteroatoms. The fourth-order valence-electron chi connectivity index (χ4n) is 2.30. The van der Waals surface area contributed by atoms with E-state index in [1.165, 1.54) is 11.1 Å². The van der Waals surface area contributed by atoms with Gasteiger partial charge < -0.3 is 10.1 Å². The second-order valence-corrected chi connectivity index (χ2v) is 5.06. The fourth-order valence-corrected chi connectivity index (χ4v) is 2.30. The van der Waals surface area contributed by atoms with E-state index < -0.39 is 0 Å². The summed E-state index contributed by atoms with van der Waals surface area (Å²) in [6.45, 7) is 6.09. The van der Waals surface area contributed by atoms with E-state index in [9.17, 15) is 0 Å². The second-order valence-electron chi connectivity index (χ2n) is 5.06. The summed E-state index contributed by atoms with van der Waals surface area (Å²) >= 11 is 0. The number of hydrogen-bond acceptors (Lipinski definition) is 3. The lowest BCUT2D eigenvalue weighted by molar-refractivity contribution is 0.416. The SMILES string of the molecule is CCCNCc1cn(C)nc1-c1cc(C)ccc1OC. The molecule has 0 spiro atoms.